The first-order valence-corrected chi connectivity index (χ1v) is 9.79. The van der Waals surface area contributed by atoms with E-state index < -0.39 is 15.6 Å². The van der Waals surface area contributed by atoms with Crippen LogP contribution in [0.4, 0.5) is 5.69 Å². The molecular formula is C15H13ClN4O3S2. The summed E-state index contributed by atoms with van der Waals surface area (Å²) in [5.41, 5.74) is 0.524. The summed E-state index contributed by atoms with van der Waals surface area (Å²) in [4.78, 5) is 13.1. The molecule has 10 heteroatoms. The van der Waals surface area contributed by atoms with Crippen molar-refractivity contribution in [1.82, 2.24) is 9.78 Å². The smallest absolute Gasteiger partial charge is 0.292 e. The number of nitrogens with two attached hydrogens (primary N) is 1. The number of anilines is 1. The molecule has 0 saturated heterocycles. The zero-order valence-electron chi connectivity index (χ0n) is 12.7. The lowest BCUT2D eigenvalue weighted by Gasteiger charge is -2.09. The Hall–Kier alpha value is -2.20. The van der Waals surface area contributed by atoms with E-state index in [2.05, 4.69) is 10.4 Å². The molecule has 25 heavy (non-hydrogen) atoms. The maximum Gasteiger partial charge on any atom is 0.292 e. The first-order chi connectivity index (χ1) is 11.9. The molecule has 0 aliphatic carbocycles. The van der Waals surface area contributed by atoms with Gasteiger partial charge < -0.3 is 5.32 Å². The number of nitrogens with zero attached hydrogens (tertiary/aromatic N) is 2. The molecule has 1 aromatic carbocycles. The molecule has 7 nitrogen and oxygen atoms in total. The average Bonchev–Trinajstić information content (AvgIpc) is 3.06. The Balaban J connectivity index is 1.81. The maximum absolute atomic E-state index is 12.4. The van der Waals surface area contributed by atoms with Gasteiger partial charge in [-0.25, -0.2) is 13.6 Å². The van der Waals surface area contributed by atoms with Crippen molar-refractivity contribution < 1.29 is 8.42 Å². The zero-order chi connectivity index (χ0) is 18.0. The van der Waals surface area contributed by atoms with Crippen LogP contribution in [0.1, 0.15) is 4.88 Å². The van der Waals surface area contributed by atoms with Gasteiger partial charge in [0.1, 0.15) is 9.23 Å². The molecular weight excluding hydrogens is 384 g/mol. The minimum absolute atomic E-state index is 0.00193. The molecule has 2 heterocycles. The summed E-state index contributed by atoms with van der Waals surface area (Å²) in [6.07, 6.45) is 1.45. The standard InChI is InChI=1S/C15H13ClN4O3S2/c16-14-12(18-8-11-6-7-13(24-11)25(17,22)23)9-19-20(15(14)21)10-4-2-1-3-5-10/h1-7,9,18H,8H2,(H2,17,22,23). The number of hydrogen-bond donors (Lipinski definition) is 2. The summed E-state index contributed by atoms with van der Waals surface area (Å²) in [6, 6.07) is 12.0. The third-order valence-electron chi connectivity index (χ3n) is 3.29. The van der Waals surface area contributed by atoms with Gasteiger partial charge in [-0.1, -0.05) is 29.8 Å². The van der Waals surface area contributed by atoms with Crippen molar-refractivity contribution in [3.05, 3.63) is 68.9 Å². The SMILES string of the molecule is NS(=O)(=O)c1ccc(CNc2cnn(-c3ccccc3)c(=O)c2Cl)s1. The van der Waals surface area contributed by atoms with E-state index in [1.807, 2.05) is 6.07 Å². The van der Waals surface area contributed by atoms with Gasteiger partial charge in [-0.05, 0) is 24.3 Å². The molecule has 3 N–H and O–H groups in total. The van der Waals surface area contributed by atoms with Crippen molar-refractivity contribution in [2.75, 3.05) is 5.32 Å². The van der Waals surface area contributed by atoms with Crippen LogP contribution in [0.3, 0.4) is 0 Å². The number of sulfonamides is 1. The van der Waals surface area contributed by atoms with Crippen LogP contribution in [0, 0.1) is 0 Å². The number of para-hydroxylation sites is 1. The highest BCUT2D eigenvalue weighted by molar-refractivity contribution is 7.91. The lowest BCUT2D eigenvalue weighted by Crippen LogP contribution is -2.22. The van der Waals surface area contributed by atoms with Gasteiger partial charge in [0.15, 0.2) is 0 Å². The quantitative estimate of drug-likeness (QED) is 0.687. The number of primary sulfonamides is 1. The molecule has 0 bridgehead atoms. The number of aromatic nitrogens is 2. The second-order valence-corrected chi connectivity index (χ2v) is 8.38. The fourth-order valence-electron chi connectivity index (χ4n) is 2.10. The van der Waals surface area contributed by atoms with Crippen molar-refractivity contribution in [2.45, 2.75) is 10.8 Å². The lowest BCUT2D eigenvalue weighted by molar-refractivity contribution is 0.600. The fraction of sp³-hybridized carbons (Fsp3) is 0.0667. The van der Waals surface area contributed by atoms with E-state index in [4.69, 9.17) is 16.7 Å². The lowest BCUT2D eigenvalue weighted by atomic mass is 10.3. The van der Waals surface area contributed by atoms with E-state index in [0.29, 0.717) is 11.4 Å². The number of hydrogen-bond acceptors (Lipinski definition) is 6. The third kappa shape index (κ3) is 3.90. The molecule has 2 aromatic heterocycles. The summed E-state index contributed by atoms with van der Waals surface area (Å²) >= 11 is 7.19. The second-order valence-electron chi connectivity index (χ2n) is 5.04. The van der Waals surface area contributed by atoms with Crippen molar-refractivity contribution in [3.8, 4) is 5.69 Å². The van der Waals surface area contributed by atoms with Gasteiger partial charge in [-0.2, -0.15) is 9.78 Å². The van der Waals surface area contributed by atoms with Crippen molar-refractivity contribution in [3.63, 3.8) is 0 Å². The first kappa shape index (κ1) is 17.6. The largest absolute Gasteiger partial charge is 0.377 e. The maximum atomic E-state index is 12.4. The molecule has 0 aliphatic heterocycles. The van der Waals surface area contributed by atoms with Crippen LogP contribution in [-0.4, -0.2) is 18.2 Å². The van der Waals surface area contributed by atoms with Gasteiger partial charge >= 0.3 is 0 Å². The molecule has 3 aromatic rings. The molecule has 0 spiro atoms. The van der Waals surface area contributed by atoms with Gasteiger partial charge in [-0.3, -0.25) is 4.79 Å². The molecule has 130 valence electrons. The molecule has 0 atom stereocenters. The number of thiophene rings is 1. The third-order valence-corrected chi connectivity index (χ3v) is 6.18. The van der Waals surface area contributed by atoms with Gasteiger partial charge in [0, 0.05) is 11.4 Å². The normalized spacial score (nSPS) is 11.4. The van der Waals surface area contributed by atoms with Crippen LogP contribution in [-0.2, 0) is 16.6 Å². The van der Waals surface area contributed by atoms with Crippen LogP contribution >= 0.6 is 22.9 Å². The van der Waals surface area contributed by atoms with Crippen molar-refractivity contribution in [2.24, 2.45) is 5.14 Å². The minimum atomic E-state index is -3.72. The van der Waals surface area contributed by atoms with E-state index in [-0.39, 0.29) is 15.8 Å². The number of halogens is 1. The molecule has 0 unspecified atom stereocenters. The highest BCUT2D eigenvalue weighted by atomic mass is 35.5. The predicted molar refractivity (Wildman–Crippen MR) is 97.9 cm³/mol. The first-order valence-electron chi connectivity index (χ1n) is 7.05. The van der Waals surface area contributed by atoms with Crippen LogP contribution < -0.4 is 16.0 Å². The topological polar surface area (TPSA) is 107 Å². The monoisotopic (exact) mass is 396 g/mol. The Morgan fingerprint density at radius 1 is 1.20 bits per heavy atom. The summed E-state index contributed by atoms with van der Waals surface area (Å²) < 4.78 is 23.9. The van der Waals surface area contributed by atoms with Crippen LogP contribution in [0.15, 0.2) is 57.7 Å². The van der Waals surface area contributed by atoms with Crippen LogP contribution in [0.5, 0.6) is 0 Å². The highest BCUT2D eigenvalue weighted by Crippen LogP contribution is 2.23. The molecule has 0 fully saturated rings. The van der Waals surface area contributed by atoms with Crippen LogP contribution in [0.2, 0.25) is 5.02 Å². The minimum Gasteiger partial charge on any atom is -0.377 e. The zero-order valence-corrected chi connectivity index (χ0v) is 15.1. The Kier molecular flexibility index (Phi) is 4.91. The van der Waals surface area contributed by atoms with E-state index in [9.17, 15) is 13.2 Å². The average molecular weight is 397 g/mol. The van der Waals surface area contributed by atoms with E-state index in [1.165, 1.54) is 16.9 Å². The molecule has 0 aliphatic rings. The molecule has 0 radical (unpaired) electrons. The van der Waals surface area contributed by atoms with Crippen molar-refractivity contribution >= 4 is 38.6 Å². The summed E-state index contributed by atoms with van der Waals surface area (Å²) in [5.74, 6) is 0. The Morgan fingerprint density at radius 2 is 1.92 bits per heavy atom. The van der Waals surface area contributed by atoms with Gasteiger partial charge in [0.2, 0.25) is 10.0 Å². The number of benzene rings is 1. The van der Waals surface area contributed by atoms with Gasteiger partial charge in [-0.15, -0.1) is 11.3 Å². The molecule has 3 rings (SSSR count). The molecule has 0 saturated carbocycles. The highest BCUT2D eigenvalue weighted by Gasteiger charge is 2.13. The van der Waals surface area contributed by atoms with E-state index in [0.717, 1.165) is 16.2 Å². The van der Waals surface area contributed by atoms with Crippen LogP contribution in [0.25, 0.3) is 5.69 Å². The van der Waals surface area contributed by atoms with E-state index >= 15 is 0 Å². The van der Waals surface area contributed by atoms with Crippen molar-refractivity contribution in [1.29, 1.82) is 0 Å². The van der Waals surface area contributed by atoms with Gasteiger partial charge in [0.05, 0.1) is 17.6 Å². The summed E-state index contributed by atoms with van der Waals surface area (Å²) in [5, 5.41) is 12.2. The Morgan fingerprint density at radius 3 is 2.56 bits per heavy atom. The summed E-state index contributed by atoms with van der Waals surface area (Å²) in [6.45, 7) is 0.288. The molecule has 0 amide bonds. The Bertz CT molecular complexity index is 1060. The summed E-state index contributed by atoms with van der Waals surface area (Å²) in [7, 11) is -3.72. The van der Waals surface area contributed by atoms with Gasteiger partial charge in [0.25, 0.3) is 5.56 Å². The predicted octanol–water partition coefficient (Wildman–Crippen LogP) is 2.21. The van der Waals surface area contributed by atoms with E-state index in [1.54, 1.807) is 30.3 Å². The number of nitrogens with one attached hydrogen (secondary N) is 1. The fourth-order valence-corrected chi connectivity index (χ4v) is 4.01. The second kappa shape index (κ2) is 6.96. The Labute approximate surface area is 152 Å². The number of rotatable bonds is 5.